The highest BCUT2D eigenvalue weighted by atomic mass is 16.6. The largest absolute Gasteiger partial charge is 0.368 e. The molecule has 1 N–H and O–H groups in total. The summed E-state index contributed by atoms with van der Waals surface area (Å²) in [7, 11) is 0. The lowest BCUT2D eigenvalue weighted by Gasteiger charge is -2.37. The van der Waals surface area contributed by atoms with Gasteiger partial charge in [0, 0.05) is 19.1 Å². The maximum Gasteiger partial charge on any atom is 0.152 e. The molecule has 0 heterocycles. The van der Waals surface area contributed by atoms with E-state index in [-0.39, 0.29) is 6.10 Å². The molecule has 0 bridgehead atoms. The average molecular weight is 339 g/mol. The molecule has 0 saturated heterocycles. The van der Waals surface area contributed by atoms with E-state index >= 15 is 0 Å². The van der Waals surface area contributed by atoms with Crippen LogP contribution in [0.1, 0.15) is 43.7 Å². The molecule has 0 spiro atoms. The molecule has 0 aliphatic heterocycles. The standard InChI is InChI=1S/C22H29NO2/c1-18(24)25-22-14-12-21(13-15-22)23(16-19-8-4-2-5-9-19)17-20-10-6-3-7-11-20/h2-11,18,21-22,24H,12-17H2,1H3. The minimum Gasteiger partial charge on any atom is -0.368 e. The Morgan fingerprint density at radius 2 is 1.36 bits per heavy atom. The molecule has 1 fully saturated rings. The third kappa shape index (κ3) is 5.67. The van der Waals surface area contributed by atoms with Crippen molar-refractivity contribution in [3.8, 4) is 0 Å². The Bertz CT molecular complexity index is 565. The highest BCUT2D eigenvalue weighted by Gasteiger charge is 2.27. The fraction of sp³-hybridized carbons (Fsp3) is 0.455. The van der Waals surface area contributed by atoms with E-state index in [2.05, 4.69) is 65.6 Å². The van der Waals surface area contributed by atoms with Gasteiger partial charge in [-0.15, -0.1) is 0 Å². The van der Waals surface area contributed by atoms with Gasteiger partial charge in [-0.3, -0.25) is 4.90 Å². The molecular formula is C22H29NO2. The van der Waals surface area contributed by atoms with Crippen molar-refractivity contribution in [1.29, 1.82) is 0 Å². The number of nitrogens with zero attached hydrogens (tertiary/aromatic N) is 1. The fourth-order valence-electron chi connectivity index (χ4n) is 3.77. The lowest BCUT2D eigenvalue weighted by Crippen LogP contribution is -2.39. The molecule has 3 nitrogen and oxygen atoms in total. The van der Waals surface area contributed by atoms with Crippen LogP contribution in [0.15, 0.2) is 60.7 Å². The number of aliphatic hydroxyl groups is 1. The van der Waals surface area contributed by atoms with Crippen molar-refractivity contribution < 1.29 is 9.84 Å². The highest BCUT2D eigenvalue weighted by molar-refractivity contribution is 5.17. The summed E-state index contributed by atoms with van der Waals surface area (Å²) >= 11 is 0. The van der Waals surface area contributed by atoms with Gasteiger partial charge in [0.05, 0.1) is 6.10 Å². The van der Waals surface area contributed by atoms with Crippen LogP contribution in [0.3, 0.4) is 0 Å². The zero-order chi connectivity index (χ0) is 17.5. The summed E-state index contributed by atoms with van der Waals surface area (Å²) in [5, 5.41) is 9.44. The molecule has 3 heteroatoms. The van der Waals surface area contributed by atoms with Gasteiger partial charge < -0.3 is 9.84 Å². The van der Waals surface area contributed by atoms with Crippen LogP contribution in [-0.2, 0) is 17.8 Å². The first-order valence-electron chi connectivity index (χ1n) is 9.36. The first-order valence-corrected chi connectivity index (χ1v) is 9.36. The lowest BCUT2D eigenvalue weighted by molar-refractivity contribution is -0.136. The molecule has 0 radical (unpaired) electrons. The number of hydrogen-bond donors (Lipinski definition) is 1. The molecular weight excluding hydrogens is 310 g/mol. The Morgan fingerprint density at radius 1 is 0.880 bits per heavy atom. The van der Waals surface area contributed by atoms with Gasteiger partial charge in [0.2, 0.25) is 0 Å². The maximum absolute atomic E-state index is 9.44. The second-order valence-corrected chi connectivity index (χ2v) is 7.04. The van der Waals surface area contributed by atoms with Crippen molar-refractivity contribution in [3.63, 3.8) is 0 Å². The molecule has 0 amide bonds. The summed E-state index contributed by atoms with van der Waals surface area (Å²) in [6.07, 6.45) is 3.83. The van der Waals surface area contributed by atoms with Gasteiger partial charge in [0.1, 0.15) is 0 Å². The molecule has 1 unspecified atom stereocenters. The van der Waals surface area contributed by atoms with Crippen LogP contribution in [0, 0.1) is 0 Å². The van der Waals surface area contributed by atoms with E-state index in [0.717, 1.165) is 38.8 Å². The van der Waals surface area contributed by atoms with Gasteiger partial charge in [0.25, 0.3) is 0 Å². The van der Waals surface area contributed by atoms with Crippen molar-refractivity contribution in [2.75, 3.05) is 0 Å². The zero-order valence-electron chi connectivity index (χ0n) is 15.1. The van der Waals surface area contributed by atoms with Crippen molar-refractivity contribution in [1.82, 2.24) is 4.90 Å². The normalized spacial score (nSPS) is 22.0. The summed E-state index contributed by atoms with van der Waals surface area (Å²) < 4.78 is 5.59. The molecule has 2 aromatic rings. The van der Waals surface area contributed by atoms with E-state index < -0.39 is 6.29 Å². The van der Waals surface area contributed by atoms with E-state index in [1.165, 1.54) is 11.1 Å². The van der Waals surface area contributed by atoms with Gasteiger partial charge in [-0.1, -0.05) is 60.7 Å². The molecule has 25 heavy (non-hydrogen) atoms. The molecule has 2 aromatic carbocycles. The summed E-state index contributed by atoms with van der Waals surface area (Å²) in [6, 6.07) is 22.0. The number of ether oxygens (including phenoxy) is 1. The average Bonchev–Trinajstić information content (AvgIpc) is 2.63. The van der Waals surface area contributed by atoms with Crippen LogP contribution < -0.4 is 0 Å². The Hall–Kier alpha value is -1.68. The van der Waals surface area contributed by atoms with Crippen LogP contribution in [0.2, 0.25) is 0 Å². The van der Waals surface area contributed by atoms with E-state index in [1.807, 2.05) is 0 Å². The minimum absolute atomic E-state index is 0.201. The minimum atomic E-state index is -0.661. The predicted octanol–water partition coefficient (Wildman–Crippen LogP) is 4.35. The summed E-state index contributed by atoms with van der Waals surface area (Å²) in [4.78, 5) is 2.60. The van der Waals surface area contributed by atoms with E-state index in [4.69, 9.17) is 4.74 Å². The molecule has 1 saturated carbocycles. The van der Waals surface area contributed by atoms with E-state index in [1.54, 1.807) is 6.92 Å². The topological polar surface area (TPSA) is 32.7 Å². The Morgan fingerprint density at radius 3 is 1.80 bits per heavy atom. The van der Waals surface area contributed by atoms with Crippen LogP contribution in [0.4, 0.5) is 0 Å². The van der Waals surface area contributed by atoms with Gasteiger partial charge in [-0.2, -0.15) is 0 Å². The molecule has 3 rings (SSSR count). The maximum atomic E-state index is 9.44. The number of benzene rings is 2. The highest BCUT2D eigenvalue weighted by Crippen LogP contribution is 2.28. The van der Waals surface area contributed by atoms with Gasteiger partial charge >= 0.3 is 0 Å². The van der Waals surface area contributed by atoms with Crippen molar-refractivity contribution >= 4 is 0 Å². The second kappa shape index (κ2) is 9.14. The molecule has 1 aliphatic carbocycles. The van der Waals surface area contributed by atoms with Crippen molar-refractivity contribution in [2.45, 2.75) is 64.1 Å². The summed E-state index contributed by atoms with van der Waals surface area (Å²) in [5.41, 5.74) is 2.72. The zero-order valence-corrected chi connectivity index (χ0v) is 15.1. The molecule has 134 valence electrons. The SMILES string of the molecule is CC(O)OC1CCC(N(Cc2ccccc2)Cc2ccccc2)CC1. The monoisotopic (exact) mass is 339 g/mol. The van der Waals surface area contributed by atoms with E-state index in [9.17, 15) is 5.11 Å². The third-order valence-corrected chi connectivity index (χ3v) is 5.01. The predicted molar refractivity (Wildman–Crippen MR) is 101 cm³/mol. The van der Waals surface area contributed by atoms with Crippen LogP contribution in [0.5, 0.6) is 0 Å². The number of rotatable bonds is 7. The van der Waals surface area contributed by atoms with Gasteiger partial charge in [0.15, 0.2) is 6.29 Å². The lowest BCUT2D eigenvalue weighted by atomic mass is 9.91. The van der Waals surface area contributed by atoms with E-state index in [0.29, 0.717) is 6.04 Å². The smallest absolute Gasteiger partial charge is 0.152 e. The Labute approximate surface area is 151 Å². The molecule has 1 aliphatic rings. The fourth-order valence-corrected chi connectivity index (χ4v) is 3.77. The summed E-state index contributed by atoms with van der Waals surface area (Å²) in [5.74, 6) is 0. The molecule has 0 aromatic heterocycles. The second-order valence-electron chi connectivity index (χ2n) is 7.04. The number of hydrogen-bond acceptors (Lipinski definition) is 3. The van der Waals surface area contributed by atoms with Crippen molar-refractivity contribution in [2.24, 2.45) is 0 Å². The Balaban J connectivity index is 1.66. The van der Waals surface area contributed by atoms with Crippen LogP contribution in [-0.4, -0.2) is 28.4 Å². The quantitative estimate of drug-likeness (QED) is 0.761. The van der Waals surface area contributed by atoms with Gasteiger partial charge in [-0.25, -0.2) is 0 Å². The third-order valence-electron chi connectivity index (χ3n) is 5.01. The summed E-state index contributed by atoms with van der Waals surface area (Å²) in [6.45, 7) is 3.65. The first kappa shape index (κ1) is 18.1. The molecule has 1 atom stereocenters. The van der Waals surface area contributed by atoms with Crippen LogP contribution in [0.25, 0.3) is 0 Å². The van der Waals surface area contributed by atoms with Gasteiger partial charge in [-0.05, 0) is 43.7 Å². The first-order chi connectivity index (χ1) is 12.2. The van der Waals surface area contributed by atoms with Crippen LogP contribution >= 0.6 is 0 Å². The number of aliphatic hydroxyl groups excluding tert-OH is 1. The Kier molecular flexibility index (Phi) is 6.62. The van der Waals surface area contributed by atoms with Crippen molar-refractivity contribution in [3.05, 3.63) is 71.8 Å².